The van der Waals surface area contributed by atoms with Crippen LogP contribution in [0.15, 0.2) is 46.9 Å². The summed E-state index contributed by atoms with van der Waals surface area (Å²) >= 11 is 3.50. The second-order valence-electron chi connectivity index (χ2n) is 4.04. The molecule has 4 nitrogen and oxygen atoms in total. The van der Waals surface area contributed by atoms with Crippen LogP contribution in [0, 0.1) is 11.3 Å². The van der Waals surface area contributed by atoms with E-state index in [1.165, 1.54) is 0 Å². The van der Waals surface area contributed by atoms with Gasteiger partial charge in [-0.1, -0.05) is 18.2 Å². The maximum atomic E-state index is 9.11. The number of imidazole rings is 1. The molecule has 0 unspecified atom stereocenters. The summed E-state index contributed by atoms with van der Waals surface area (Å²) in [6.45, 7) is 0. The first-order valence-electron chi connectivity index (χ1n) is 5.64. The van der Waals surface area contributed by atoms with Crippen molar-refractivity contribution in [3.05, 3.63) is 52.5 Å². The second-order valence-corrected chi connectivity index (χ2v) is 4.90. The van der Waals surface area contributed by atoms with Gasteiger partial charge < -0.3 is 5.73 Å². The minimum atomic E-state index is 0.365. The van der Waals surface area contributed by atoms with Crippen LogP contribution >= 0.6 is 15.9 Å². The molecule has 1 heterocycles. The van der Waals surface area contributed by atoms with E-state index in [9.17, 15) is 0 Å². The predicted octanol–water partition coefficient (Wildman–Crippen LogP) is 3.24. The summed E-state index contributed by atoms with van der Waals surface area (Å²) in [5.41, 5.74) is 8.87. The van der Waals surface area contributed by atoms with Crippen molar-refractivity contribution >= 4 is 32.9 Å². The molecule has 0 spiro atoms. The Morgan fingerprint density at radius 3 is 2.68 bits per heavy atom. The van der Waals surface area contributed by atoms with Crippen LogP contribution in [-0.4, -0.2) is 9.55 Å². The van der Waals surface area contributed by atoms with Gasteiger partial charge in [0.1, 0.15) is 11.6 Å². The Kier molecular flexibility index (Phi) is 2.73. The zero-order valence-corrected chi connectivity index (χ0v) is 11.4. The van der Waals surface area contributed by atoms with E-state index in [4.69, 9.17) is 11.0 Å². The van der Waals surface area contributed by atoms with E-state index in [-0.39, 0.29) is 0 Å². The highest BCUT2D eigenvalue weighted by Crippen LogP contribution is 2.29. The summed E-state index contributed by atoms with van der Waals surface area (Å²) in [5, 5.41) is 9.11. The van der Waals surface area contributed by atoms with Crippen molar-refractivity contribution in [3.8, 4) is 11.8 Å². The summed E-state index contributed by atoms with van der Waals surface area (Å²) in [7, 11) is 0. The van der Waals surface area contributed by atoms with Crippen molar-refractivity contribution in [1.82, 2.24) is 9.55 Å². The molecule has 0 amide bonds. The molecule has 0 bridgehead atoms. The molecule has 0 saturated carbocycles. The molecule has 0 aliphatic heterocycles. The SMILES string of the molecule is N#Cc1cccc2c1nc(N)n2-c1ccccc1Br. The Bertz CT molecular complexity index is 814. The van der Waals surface area contributed by atoms with Crippen molar-refractivity contribution in [3.63, 3.8) is 0 Å². The summed E-state index contributed by atoms with van der Waals surface area (Å²) in [5.74, 6) is 0.365. The van der Waals surface area contributed by atoms with Crippen LogP contribution in [-0.2, 0) is 0 Å². The van der Waals surface area contributed by atoms with E-state index in [0.717, 1.165) is 15.7 Å². The predicted molar refractivity (Wildman–Crippen MR) is 77.9 cm³/mol. The normalized spacial score (nSPS) is 10.5. The number of benzene rings is 2. The Morgan fingerprint density at radius 2 is 1.95 bits per heavy atom. The highest BCUT2D eigenvalue weighted by atomic mass is 79.9. The molecular formula is C14H9BrN4. The Morgan fingerprint density at radius 1 is 1.16 bits per heavy atom. The van der Waals surface area contributed by atoms with E-state index >= 15 is 0 Å². The van der Waals surface area contributed by atoms with Crippen LogP contribution in [0.4, 0.5) is 5.95 Å². The molecule has 0 radical (unpaired) electrons. The standard InChI is InChI=1S/C14H9BrN4/c15-10-5-1-2-6-11(10)19-12-7-3-4-9(8-16)13(12)18-14(19)17/h1-7H,(H2,17,18). The third kappa shape index (κ3) is 1.77. The fourth-order valence-electron chi connectivity index (χ4n) is 2.09. The van der Waals surface area contributed by atoms with Crippen molar-refractivity contribution in [2.45, 2.75) is 0 Å². The average molecular weight is 313 g/mol. The van der Waals surface area contributed by atoms with E-state index in [1.807, 2.05) is 41.0 Å². The van der Waals surface area contributed by atoms with E-state index in [1.54, 1.807) is 6.07 Å². The molecule has 3 aromatic rings. The van der Waals surface area contributed by atoms with Gasteiger partial charge in [0.15, 0.2) is 0 Å². The smallest absolute Gasteiger partial charge is 0.206 e. The minimum Gasteiger partial charge on any atom is -0.369 e. The van der Waals surface area contributed by atoms with Crippen LogP contribution in [0.3, 0.4) is 0 Å². The van der Waals surface area contributed by atoms with Gasteiger partial charge in [0.05, 0.1) is 16.8 Å². The fraction of sp³-hybridized carbons (Fsp3) is 0. The fourth-order valence-corrected chi connectivity index (χ4v) is 2.56. The lowest BCUT2D eigenvalue weighted by Crippen LogP contribution is -2.01. The number of nitrogen functional groups attached to an aromatic ring is 1. The monoisotopic (exact) mass is 312 g/mol. The molecule has 5 heteroatoms. The maximum Gasteiger partial charge on any atom is 0.206 e. The molecule has 2 N–H and O–H groups in total. The van der Waals surface area contributed by atoms with Crippen LogP contribution < -0.4 is 5.73 Å². The summed E-state index contributed by atoms with van der Waals surface area (Å²) in [6.07, 6.45) is 0. The molecule has 0 fully saturated rings. The quantitative estimate of drug-likeness (QED) is 0.750. The van der Waals surface area contributed by atoms with Crippen LogP contribution in [0.2, 0.25) is 0 Å². The van der Waals surface area contributed by atoms with Crippen molar-refractivity contribution < 1.29 is 0 Å². The summed E-state index contributed by atoms with van der Waals surface area (Å²) in [6, 6.07) is 15.3. The molecule has 2 aromatic carbocycles. The molecule has 1 aromatic heterocycles. The van der Waals surface area contributed by atoms with Gasteiger partial charge in [-0.25, -0.2) is 4.98 Å². The topological polar surface area (TPSA) is 67.6 Å². The van der Waals surface area contributed by atoms with Gasteiger partial charge in [0.2, 0.25) is 5.95 Å². The van der Waals surface area contributed by atoms with E-state index in [0.29, 0.717) is 17.0 Å². The Labute approximate surface area is 118 Å². The third-order valence-corrected chi connectivity index (χ3v) is 3.60. The van der Waals surface area contributed by atoms with Gasteiger partial charge in [0.25, 0.3) is 0 Å². The van der Waals surface area contributed by atoms with Crippen LogP contribution in [0.25, 0.3) is 16.7 Å². The van der Waals surface area contributed by atoms with Crippen molar-refractivity contribution in [1.29, 1.82) is 5.26 Å². The average Bonchev–Trinajstić information content (AvgIpc) is 2.75. The van der Waals surface area contributed by atoms with Crippen molar-refractivity contribution in [2.75, 3.05) is 5.73 Å². The van der Waals surface area contributed by atoms with Gasteiger partial charge in [-0.15, -0.1) is 0 Å². The Balaban J connectivity index is 2.41. The van der Waals surface area contributed by atoms with Crippen LogP contribution in [0.1, 0.15) is 5.56 Å². The number of nitrogens with zero attached hydrogens (tertiary/aromatic N) is 3. The van der Waals surface area contributed by atoms with Gasteiger partial charge in [-0.2, -0.15) is 5.26 Å². The molecule has 19 heavy (non-hydrogen) atoms. The number of hydrogen-bond acceptors (Lipinski definition) is 3. The van der Waals surface area contributed by atoms with Crippen molar-refractivity contribution in [2.24, 2.45) is 0 Å². The van der Waals surface area contributed by atoms with E-state index < -0.39 is 0 Å². The second kappa shape index (κ2) is 4.41. The number of para-hydroxylation sites is 2. The molecule has 0 saturated heterocycles. The molecule has 0 aliphatic rings. The zero-order valence-electron chi connectivity index (χ0n) is 9.84. The number of anilines is 1. The number of fused-ring (bicyclic) bond motifs is 1. The number of rotatable bonds is 1. The molecule has 3 rings (SSSR count). The van der Waals surface area contributed by atoms with Gasteiger partial charge in [-0.3, -0.25) is 4.57 Å². The van der Waals surface area contributed by atoms with Crippen LogP contribution in [0.5, 0.6) is 0 Å². The minimum absolute atomic E-state index is 0.365. The first kappa shape index (κ1) is 11.8. The Hall–Kier alpha value is -2.32. The van der Waals surface area contributed by atoms with Gasteiger partial charge in [0, 0.05) is 4.47 Å². The highest BCUT2D eigenvalue weighted by molar-refractivity contribution is 9.10. The van der Waals surface area contributed by atoms with Gasteiger partial charge >= 0.3 is 0 Å². The lowest BCUT2D eigenvalue weighted by atomic mass is 10.2. The lowest BCUT2D eigenvalue weighted by molar-refractivity contribution is 1.10. The molecular weight excluding hydrogens is 304 g/mol. The summed E-state index contributed by atoms with van der Waals surface area (Å²) < 4.78 is 2.75. The molecule has 0 aliphatic carbocycles. The first-order chi connectivity index (χ1) is 9.22. The lowest BCUT2D eigenvalue weighted by Gasteiger charge is -2.08. The summed E-state index contributed by atoms with van der Waals surface area (Å²) in [4.78, 5) is 4.30. The number of nitrogens with two attached hydrogens (primary N) is 1. The highest BCUT2D eigenvalue weighted by Gasteiger charge is 2.14. The number of aromatic nitrogens is 2. The van der Waals surface area contributed by atoms with Gasteiger partial charge in [-0.05, 0) is 40.2 Å². The molecule has 92 valence electrons. The zero-order chi connectivity index (χ0) is 13.4. The largest absolute Gasteiger partial charge is 0.369 e. The molecule has 0 atom stereocenters. The maximum absolute atomic E-state index is 9.11. The first-order valence-corrected chi connectivity index (χ1v) is 6.43. The number of hydrogen-bond donors (Lipinski definition) is 1. The number of nitriles is 1. The third-order valence-electron chi connectivity index (χ3n) is 2.92. The van der Waals surface area contributed by atoms with E-state index in [2.05, 4.69) is 27.0 Å². The number of halogens is 1.